The maximum Gasteiger partial charge on any atom is 0.240 e. The maximum atomic E-state index is 13.4. The molecular weight excluding hydrogens is 380 g/mol. The van der Waals surface area contributed by atoms with E-state index < -0.39 is 0 Å². The van der Waals surface area contributed by atoms with Crippen LogP contribution < -0.4 is 4.90 Å². The predicted molar refractivity (Wildman–Crippen MR) is 118 cm³/mol. The molecule has 0 bridgehead atoms. The zero-order valence-electron chi connectivity index (χ0n) is 16.8. The fraction of sp³-hybridized carbons (Fsp3) is 0.391. The third-order valence-corrected chi connectivity index (χ3v) is 7.10. The van der Waals surface area contributed by atoms with Gasteiger partial charge in [0.05, 0.1) is 10.7 Å². The molecule has 1 atom stereocenters. The molecule has 3 heterocycles. The number of rotatable bonds is 3. The second-order valence-electron chi connectivity index (χ2n) is 7.87. The first-order chi connectivity index (χ1) is 14.2. The summed E-state index contributed by atoms with van der Waals surface area (Å²) >= 11 is 1.56. The maximum absolute atomic E-state index is 13.4. The number of fused-ring (bicyclic) bond motifs is 2. The molecule has 1 amide bonds. The summed E-state index contributed by atoms with van der Waals surface area (Å²) in [6, 6.07) is 16.9. The van der Waals surface area contributed by atoms with Gasteiger partial charge in [-0.05, 0) is 47.8 Å². The number of anilines is 1. The molecule has 0 radical (unpaired) electrons. The molecule has 0 saturated carbocycles. The molecule has 150 valence electrons. The van der Waals surface area contributed by atoms with Crippen molar-refractivity contribution < 1.29 is 4.79 Å². The minimum atomic E-state index is -0.0402. The van der Waals surface area contributed by atoms with Crippen molar-refractivity contribution in [2.75, 3.05) is 37.6 Å². The van der Waals surface area contributed by atoms with Crippen LogP contribution in [0, 0.1) is 0 Å². The van der Waals surface area contributed by atoms with Crippen LogP contribution >= 0.6 is 11.5 Å². The number of aromatic nitrogens is 1. The smallest absolute Gasteiger partial charge is 0.240 e. The first kappa shape index (κ1) is 18.6. The second-order valence-corrected chi connectivity index (χ2v) is 8.67. The molecule has 6 heteroatoms. The molecule has 2 aromatic carbocycles. The second kappa shape index (κ2) is 7.76. The van der Waals surface area contributed by atoms with Crippen molar-refractivity contribution >= 4 is 33.3 Å². The lowest BCUT2D eigenvalue weighted by atomic mass is 9.93. The van der Waals surface area contributed by atoms with Crippen LogP contribution in [0.3, 0.4) is 0 Å². The van der Waals surface area contributed by atoms with Gasteiger partial charge in [-0.15, -0.1) is 0 Å². The summed E-state index contributed by atoms with van der Waals surface area (Å²) in [5, 5.41) is 1.22. The van der Waals surface area contributed by atoms with E-state index in [0.29, 0.717) is 0 Å². The van der Waals surface area contributed by atoms with E-state index in [2.05, 4.69) is 74.5 Å². The van der Waals surface area contributed by atoms with E-state index in [1.54, 1.807) is 11.5 Å². The molecule has 2 aliphatic rings. The van der Waals surface area contributed by atoms with Crippen molar-refractivity contribution in [2.24, 2.45) is 0 Å². The van der Waals surface area contributed by atoms with Crippen LogP contribution in [0.1, 0.15) is 18.1 Å². The van der Waals surface area contributed by atoms with Crippen LogP contribution in [-0.2, 0) is 17.8 Å². The molecule has 1 aromatic heterocycles. The Morgan fingerprint density at radius 2 is 1.76 bits per heavy atom. The highest BCUT2D eigenvalue weighted by Crippen LogP contribution is 2.30. The highest BCUT2D eigenvalue weighted by molar-refractivity contribution is 7.13. The molecule has 1 unspecified atom stereocenters. The SMILES string of the molecule is CCN1Cc2ccccc2CC1C(=O)N1CCN(c2nsc3ccccc23)CC1. The summed E-state index contributed by atoms with van der Waals surface area (Å²) in [5.41, 5.74) is 2.68. The molecule has 2 aliphatic heterocycles. The Kier molecular flexibility index (Phi) is 4.97. The van der Waals surface area contributed by atoms with Gasteiger partial charge in [-0.3, -0.25) is 9.69 Å². The first-order valence-electron chi connectivity index (χ1n) is 10.4. The highest BCUT2D eigenvalue weighted by atomic mass is 32.1. The average molecular weight is 407 g/mol. The van der Waals surface area contributed by atoms with Crippen molar-refractivity contribution in [3.8, 4) is 0 Å². The highest BCUT2D eigenvalue weighted by Gasteiger charge is 2.34. The van der Waals surface area contributed by atoms with E-state index in [1.165, 1.54) is 21.2 Å². The van der Waals surface area contributed by atoms with Gasteiger partial charge in [-0.1, -0.05) is 43.3 Å². The van der Waals surface area contributed by atoms with Crippen molar-refractivity contribution in [1.29, 1.82) is 0 Å². The summed E-state index contributed by atoms with van der Waals surface area (Å²) in [6.45, 7) is 7.13. The molecule has 0 N–H and O–H groups in total. The van der Waals surface area contributed by atoms with Gasteiger partial charge >= 0.3 is 0 Å². The topological polar surface area (TPSA) is 39.7 Å². The predicted octanol–water partition coefficient (Wildman–Crippen LogP) is 3.39. The van der Waals surface area contributed by atoms with Gasteiger partial charge in [0.2, 0.25) is 5.91 Å². The van der Waals surface area contributed by atoms with Crippen LogP contribution in [0.15, 0.2) is 48.5 Å². The summed E-state index contributed by atoms with van der Waals surface area (Å²) < 4.78 is 5.91. The molecule has 5 nitrogen and oxygen atoms in total. The molecule has 29 heavy (non-hydrogen) atoms. The lowest BCUT2D eigenvalue weighted by molar-refractivity contribution is -0.138. The number of carbonyl (C=O) groups is 1. The fourth-order valence-corrected chi connectivity index (χ4v) is 5.40. The first-order valence-corrected chi connectivity index (χ1v) is 11.2. The summed E-state index contributed by atoms with van der Waals surface area (Å²) in [6.07, 6.45) is 0.819. The molecule has 1 saturated heterocycles. The van der Waals surface area contributed by atoms with Crippen molar-refractivity contribution in [3.63, 3.8) is 0 Å². The van der Waals surface area contributed by atoms with Gasteiger partial charge in [0.1, 0.15) is 5.82 Å². The van der Waals surface area contributed by atoms with Gasteiger partial charge in [0, 0.05) is 38.1 Å². The Balaban J connectivity index is 1.29. The van der Waals surface area contributed by atoms with Gasteiger partial charge in [-0.25, -0.2) is 0 Å². The van der Waals surface area contributed by atoms with Crippen molar-refractivity contribution in [1.82, 2.24) is 14.2 Å². The van der Waals surface area contributed by atoms with E-state index in [-0.39, 0.29) is 11.9 Å². The number of hydrogen-bond donors (Lipinski definition) is 0. The molecule has 3 aromatic rings. The van der Waals surface area contributed by atoms with E-state index in [0.717, 1.165) is 51.5 Å². The number of likely N-dealkylation sites (N-methyl/N-ethyl adjacent to an activating group) is 1. The number of benzene rings is 2. The Morgan fingerprint density at radius 1 is 1.03 bits per heavy atom. The van der Waals surface area contributed by atoms with Crippen LogP contribution in [-0.4, -0.2) is 58.8 Å². The Bertz CT molecular complexity index is 1020. The molecule has 1 fully saturated rings. The van der Waals surface area contributed by atoms with E-state index >= 15 is 0 Å². The number of amides is 1. The van der Waals surface area contributed by atoms with E-state index in [9.17, 15) is 4.79 Å². The Labute approximate surface area is 175 Å². The molecule has 0 aliphatic carbocycles. The standard InChI is InChI=1S/C23H26N4OS/c1-2-25-16-18-8-4-3-7-17(18)15-20(25)23(28)27-13-11-26(12-14-27)22-19-9-5-6-10-21(19)29-24-22/h3-10,20H,2,11-16H2,1H3. The lowest BCUT2D eigenvalue weighted by Gasteiger charge is -2.41. The minimum absolute atomic E-state index is 0.0402. The third kappa shape index (κ3) is 3.40. The Hall–Kier alpha value is -2.44. The van der Waals surface area contributed by atoms with Crippen LogP contribution in [0.25, 0.3) is 10.1 Å². The quantitative estimate of drug-likeness (QED) is 0.668. The van der Waals surface area contributed by atoms with Gasteiger partial charge < -0.3 is 9.80 Å². The van der Waals surface area contributed by atoms with Crippen molar-refractivity contribution in [2.45, 2.75) is 25.9 Å². The number of carbonyl (C=O) groups excluding carboxylic acids is 1. The van der Waals surface area contributed by atoms with E-state index in [4.69, 9.17) is 0 Å². The van der Waals surface area contributed by atoms with Crippen LogP contribution in [0.4, 0.5) is 5.82 Å². The monoisotopic (exact) mass is 406 g/mol. The molecule has 5 rings (SSSR count). The third-order valence-electron chi connectivity index (χ3n) is 6.29. The van der Waals surface area contributed by atoms with Crippen LogP contribution in [0.5, 0.6) is 0 Å². The zero-order chi connectivity index (χ0) is 19.8. The normalized spacial score (nSPS) is 20.1. The summed E-state index contributed by atoms with van der Waals surface area (Å²) in [5.74, 6) is 1.35. The van der Waals surface area contributed by atoms with Crippen molar-refractivity contribution in [3.05, 3.63) is 59.7 Å². The Morgan fingerprint density at radius 3 is 2.55 bits per heavy atom. The van der Waals surface area contributed by atoms with Gasteiger partial charge in [0.15, 0.2) is 0 Å². The number of piperazine rings is 1. The zero-order valence-corrected chi connectivity index (χ0v) is 17.6. The number of nitrogens with zero attached hydrogens (tertiary/aromatic N) is 4. The lowest BCUT2D eigenvalue weighted by Crippen LogP contribution is -2.56. The fourth-order valence-electron chi connectivity index (χ4n) is 4.60. The number of hydrogen-bond acceptors (Lipinski definition) is 5. The largest absolute Gasteiger partial charge is 0.352 e. The van der Waals surface area contributed by atoms with E-state index in [1.807, 2.05) is 0 Å². The van der Waals surface area contributed by atoms with Gasteiger partial charge in [-0.2, -0.15) is 4.37 Å². The molecular formula is C23H26N4OS. The van der Waals surface area contributed by atoms with Gasteiger partial charge in [0.25, 0.3) is 0 Å². The minimum Gasteiger partial charge on any atom is -0.352 e. The average Bonchev–Trinajstić information content (AvgIpc) is 3.22. The molecule has 0 spiro atoms. The summed E-state index contributed by atoms with van der Waals surface area (Å²) in [4.78, 5) is 20.1. The summed E-state index contributed by atoms with van der Waals surface area (Å²) in [7, 11) is 0. The van der Waals surface area contributed by atoms with Crippen LogP contribution in [0.2, 0.25) is 0 Å².